The van der Waals surface area contributed by atoms with E-state index in [1.165, 1.54) is 0 Å². The third-order valence-electron chi connectivity index (χ3n) is 3.91. The number of nitrogen functional groups attached to an aromatic ring is 1. The highest BCUT2D eigenvalue weighted by molar-refractivity contribution is 6.05. The Balaban J connectivity index is 1.74. The van der Waals surface area contributed by atoms with Crippen LogP contribution in [0.5, 0.6) is 0 Å². The van der Waals surface area contributed by atoms with Crippen LogP contribution < -0.4 is 11.1 Å². The van der Waals surface area contributed by atoms with Crippen molar-refractivity contribution in [3.8, 4) is 0 Å². The van der Waals surface area contributed by atoms with E-state index in [4.69, 9.17) is 5.73 Å². The van der Waals surface area contributed by atoms with Crippen molar-refractivity contribution in [3.05, 3.63) is 59.7 Å². The molecule has 1 saturated heterocycles. The molecule has 23 heavy (non-hydrogen) atoms. The van der Waals surface area contributed by atoms with Crippen molar-refractivity contribution in [2.45, 2.75) is 12.8 Å². The summed E-state index contributed by atoms with van der Waals surface area (Å²) in [6.07, 6.45) is 2.11. The monoisotopic (exact) mass is 309 g/mol. The molecule has 0 unspecified atom stereocenters. The van der Waals surface area contributed by atoms with Gasteiger partial charge in [-0.15, -0.1) is 0 Å². The lowest BCUT2D eigenvalue weighted by molar-refractivity contribution is 0.0792. The molecule has 1 fully saturated rings. The summed E-state index contributed by atoms with van der Waals surface area (Å²) in [5.41, 5.74) is 7.91. The predicted molar refractivity (Wildman–Crippen MR) is 90.4 cm³/mol. The highest BCUT2D eigenvalue weighted by Gasteiger charge is 2.19. The van der Waals surface area contributed by atoms with Crippen LogP contribution in [0.25, 0.3) is 0 Å². The van der Waals surface area contributed by atoms with Gasteiger partial charge in [0.05, 0.1) is 0 Å². The molecule has 3 N–H and O–H groups in total. The third kappa shape index (κ3) is 3.51. The molecule has 2 aromatic carbocycles. The first kappa shape index (κ1) is 15.1. The molecule has 5 heteroatoms. The van der Waals surface area contributed by atoms with Gasteiger partial charge in [0.15, 0.2) is 0 Å². The Hall–Kier alpha value is -2.82. The molecule has 0 radical (unpaired) electrons. The number of nitrogens with one attached hydrogen (secondary N) is 1. The van der Waals surface area contributed by atoms with E-state index in [-0.39, 0.29) is 11.8 Å². The molecule has 1 heterocycles. The number of hydrogen-bond donors (Lipinski definition) is 2. The van der Waals surface area contributed by atoms with E-state index < -0.39 is 0 Å². The molecule has 0 saturated carbocycles. The van der Waals surface area contributed by atoms with Crippen molar-refractivity contribution >= 4 is 23.2 Å². The summed E-state index contributed by atoms with van der Waals surface area (Å²) in [6, 6.07) is 13.8. The fourth-order valence-electron chi connectivity index (χ4n) is 2.72. The topological polar surface area (TPSA) is 75.4 Å². The Morgan fingerprint density at radius 2 is 1.65 bits per heavy atom. The van der Waals surface area contributed by atoms with Crippen molar-refractivity contribution < 1.29 is 9.59 Å². The quantitative estimate of drug-likeness (QED) is 0.856. The Kier molecular flexibility index (Phi) is 4.28. The molecule has 0 atom stereocenters. The van der Waals surface area contributed by atoms with Crippen LogP contribution in [0.15, 0.2) is 48.5 Å². The van der Waals surface area contributed by atoms with E-state index in [0.29, 0.717) is 22.5 Å². The minimum atomic E-state index is -0.247. The number of likely N-dealkylation sites (tertiary alicyclic amines) is 1. The van der Waals surface area contributed by atoms with Crippen molar-refractivity contribution in [3.63, 3.8) is 0 Å². The molecule has 2 amide bonds. The first-order chi connectivity index (χ1) is 11.1. The normalized spacial score (nSPS) is 13.8. The number of hydrogen-bond acceptors (Lipinski definition) is 3. The maximum Gasteiger partial charge on any atom is 0.255 e. The second kappa shape index (κ2) is 6.52. The van der Waals surface area contributed by atoms with Gasteiger partial charge in [-0.05, 0) is 49.2 Å². The van der Waals surface area contributed by atoms with Gasteiger partial charge < -0.3 is 16.0 Å². The lowest BCUT2D eigenvalue weighted by atomic mass is 10.1. The van der Waals surface area contributed by atoms with Gasteiger partial charge in [-0.3, -0.25) is 9.59 Å². The molecule has 3 rings (SSSR count). The Labute approximate surface area is 135 Å². The van der Waals surface area contributed by atoms with E-state index in [1.807, 2.05) is 4.90 Å². The van der Waals surface area contributed by atoms with Gasteiger partial charge in [0.2, 0.25) is 0 Å². The fraction of sp³-hybridized carbons (Fsp3) is 0.222. The van der Waals surface area contributed by atoms with Crippen LogP contribution in [-0.4, -0.2) is 29.8 Å². The van der Waals surface area contributed by atoms with Crippen LogP contribution in [-0.2, 0) is 0 Å². The number of carbonyl (C=O) groups is 2. The van der Waals surface area contributed by atoms with Gasteiger partial charge in [0.25, 0.3) is 11.8 Å². The summed E-state index contributed by atoms with van der Waals surface area (Å²) in [4.78, 5) is 26.5. The highest BCUT2D eigenvalue weighted by Crippen LogP contribution is 2.17. The van der Waals surface area contributed by atoms with Gasteiger partial charge in [-0.2, -0.15) is 0 Å². The van der Waals surface area contributed by atoms with E-state index in [9.17, 15) is 9.59 Å². The molecule has 0 aliphatic carbocycles. The first-order valence-corrected chi connectivity index (χ1v) is 7.70. The molecular formula is C18H19N3O2. The Morgan fingerprint density at radius 3 is 2.39 bits per heavy atom. The van der Waals surface area contributed by atoms with Gasteiger partial charge >= 0.3 is 0 Å². The van der Waals surface area contributed by atoms with Crippen LogP contribution in [0.2, 0.25) is 0 Å². The van der Waals surface area contributed by atoms with Crippen LogP contribution in [0, 0.1) is 0 Å². The van der Waals surface area contributed by atoms with Crippen LogP contribution in [0.4, 0.5) is 11.4 Å². The first-order valence-electron chi connectivity index (χ1n) is 7.70. The van der Waals surface area contributed by atoms with Gasteiger partial charge in [0.1, 0.15) is 0 Å². The maximum atomic E-state index is 12.4. The second-order valence-electron chi connectivity index (χ2n) is 5.66. The summed E-state index contributed by atoms with van der Waals surface area (Å²) < 4.78 is 0. The molecule has 1 aliphatic rings. The Bertz CT molecular complexity index is 737. The number of anilines is 2. The number of nitrogens with two attached hydrogens (primary N) is 1. The van der Waals surface area contributed by atoms with Crippen LogP contribution >= 0.6 is 0 Å². The predicted octanol–water partition coefficient (Wildman–Crippen LogP) is 2.76. The number of carbonyl (C=O) groups excluding carboxylic acids is 2. The number of nitrogens with zero attached hydrogens (tertiary/aromatic N) is 1. The van der Waals surface area contributed by atoms with Crippen LogP contribution in [0.3, 0.4) is 0 Å². The zero-order valence-electron chi connectivity index (χ0n) is 12.8. The van der Waals surface area contributed by atoms with Gasteiger partial charge in [-0.1, -0.05) is 12.1 Å². The van der Waals surface area contributed by atoms with Crippen molar-refractivity contribution in [1.29, 1.82) is 0 Å². The summed E-state index contributed by atoms with van der Waals surface area (Å²) >= 11 is 0. The van der Waals surface area contributed by atoms with Gasteiger partial charge in [-0.25, -0.2) is 0 Å². The van der Waals surface area contributed by atoms with E-state index in [0.717, 1.165) is 25.9 Å². The molecule has 118 valence electrons. The van der Waals surface area contributed by atoms with Crippen molar-refractivity contribution in [2.24, 2.45) is 0 Å². The highest BCUT2D eigenvalue weighted by atomic mass is 16.2. The maximum absolute atomic E-state index is 12.4. The standard InChI is InChI=1S/C18H19N3O2/c19-15-7-3-5-13(11-15)17(22)20-16-8-4-6-14(12-16)18(23)21-9-1-2-10-21/h3-8,11-12H,1-2,9-10,19H2,(H,20,22). The third-order valence-corrected chi connectivity index (χ3v) is 3.91. The molecular weight excluding hydrogens is 290 g/mol. The summed E-state index contributed by atoms with van der Waals surface area (Å²) in [5.74, 6) is -0.231. The van der Waals surface area contributed by atoms with E-state index in [1.54, 1.807) is 48.5 Å². The summed E-state index contributed by atoms with van der Waals surface area (Å²) in [5, 5.41) is 2.81. The molecule has 0 spiro atoms. The second-order valence-corrected chi connectivity index (χ2v) is 5.66. The number of amides is 2. The number of rotatable bonds is 3. The lowest BCUT2D eigenvalue weighted by Crippen LogP contribution is -2.27. The van der Waals surface area contributed by atoms with Crippen LogP contribution in [0.1, 0.15) is 33.6 Å². The molecule has 0 aromatic heterocycles. The van der Waals surface area contributed by atoms with Crippen molar-refractivity contribution in [2.75, 3.05) is 24.1 Å². The minimum Gasteiger partial charge on any atom is -0.399 e. The summed E-state index contributed by atoms with van der Waals surface area (Å²) in [7, 11) is 0. The summed E-state index contributed by atoms with van der Waals surface area (Å²) in [6.45, 7) is 1.61. The lowest BCUT2D eigenvalue weighted by Gasteiger charge is -2.15. The van der Waals surface area contributed by atoms with Gasteiger partial charge in [0, 0.05) is 35.6 Å². The zero-order valence-corrected chi connectivity index (χ0v) is 12.8. The average molecular weight is 309 g/mol. The molecule has 2 aromatic rings. The minimum absolute atomic E-state index is 0.0163. The SMILES string of the molecule is Nc1cccc(C(=O)Nc2cccc(C(=O)N3CCCC3)c2)c1. The Morgan fingerprint density at radius 1 is 0.957 bits per heavy atom. The number of benzene rings is 2. The zero-order chi connectivity index (χ0) is 16.2. The van der Waals surface area contributed by atoms with Crippen molar-refractivity contribution in [1.82, 2.24) is 4.90 Å². The molecule has 5 nitrogen and oxygen atoms in total. The smallest absolute Gasteiger partial charge is 0.255 e. The molecule has 1 aliphatic heterocycles. The average Bonchev–Trinajstić information content (AvgIpc) is 3.09. The van der Waals surface area contributed by atoms with E-state index >= 15 is 0 Å². The van der Waals surface area contributed by atoms with E-state index in [2.05, 4.69) is 5.32 Å². The fourth-order valence-corrected chi connectivity index (χ4v) is 2.72. The molecule has 0 bridgehead atoms. The largest absolute Gasteiger partial charge is 0.399 e.